The molecule has 0 fully saturated rings. The van der Waals surface area contributed by atoms with Crippen LogP contribution in [0, 0.1) is 0 Å². The third kappa shape index (κ3) is 4.25. The van der Waals surface area contributed by atoms with Crippen molar-refractivity contribution in [1.29, 1.82) is 0 Å². The van der Waals surface area contributed by atoms with E-state index in [4.69, 9.17) is 15.2 Å². The molecular weight excluding hydrogens is 396 g/mol. The van der Waals surface area contributed by atoms with Gasteiger partial charge in [-0.15, -0.1) is 0 Å². The highest BCUT2D eigenvalue weighted by molar-refractivity contribution is 6.04. The molecule has 0 radical (unpaired) electrons. The number of nitrogens with two attached hydrogens (primary N) is 1. The average Bonchev–Trinajstić information content (AvgIpc) is 3.16. The first-order chi connectivity index (χ1) is 15.1. The second-order valence-corrected chi connectivity index (χ2v) is 6.68. The lowest BCUT2D eigenvalue weighted by Crippen LogP contribution is -2.11. The van der Waals surface area contributed by atoms with Crippen LogP contribution in [0.2, 0.25) is 0 Å². The molecule has 0 saturated carbocycles. The number of hydrogen-bond donors (Lipinski definition) is 2. The number of benzene rings is 2. The van der Waals surface area contributed by atoms with Crippen molar-refractivity contribution in [1.82, 2.24) is 19.5 Å². The lowest BCUT2D eigenvalue weighted by atomic mass is 10.2. The normalized spacial score (nSPS) is 10.8. The first-order valence-corrected chi connectivity index (χ1v) is 9.74. The summed E-state index contributed by atoms with van der Waals surface area (Å²) in [5.74, 6) is 0.646. The quantitative estimate of drug-likeness (QED) is 0.438. The van der Waals surface area contributed by atoms with Crippen LogP contribution in [0.3, 0.4) is 0 Å². The van der Waals surface area contributed by atoms with Crippen LogP contribution in [0.5, 0.6) is 5.75 Å². The number of para-hydroxylation sites is 3. The molecule has 2 heterocycles. The van der Waals surface area contributed by atoms with Gasteiger partial charge in [0, 0.05) is 23.6 Å². The molecule has 3 N–H and O–H groups in total. The molecular formula is C22H22N6O3. The summed E-state index contributed by atoms with van der Waals surface area (Å²) < 4.78 is 12.8. The monoisotopic (exact) mass is 418 g/mol. The molecule has 0 atom stereocenters. The van der Waals surface area contributed by atoms with Gasteiger partial charge >= 0.3 is 5.97 Å². The van der Waals surface area contributed by atoms with Gasteiger partial charge < -0.3 is 25.1 Å². The van der Waals surface area contributed by atoms with E-state index < -0.39 is 5.97 Å². The fourth-order valence-corrected chi connectivity index (χ4v) is 3.31. The van der Waals surface area contributed by atoms with Crippen molar-refractivity contribution >= 4 is 34.5 Å². The molecule has 31 heavy (non-hydrogen) atoms. The van der Waals surface area contributed by atoms with Crippen LogP contribution in [0.4, 0.5) is 17.6 Å². The Labute approximate surface area is 178 Å². The maximum Gasteiger partial charge on any atom is 0.340 e. The largest absolute Gasteiger partial charge is 0.495 e. The molecule has 0 amide bonds. The van der Waals surface area contributed by atoms with Crippen molar-refractivity contribution in [2.45, 2.75) is 20.1 Å². The van der Waals surface area contributed by atoms with Gasteiger partial charge in [-0.05, 0) is 25.1 Å². The van der Waals surface area contributed by atoms with Gasteiger partial charge in [0.05, 0.1) is 18.4 Å². The van der Waals surface area contributed by atoms with Gasteiger partial charge in [0.25, 0.3) is 0 Å². The number of hydrogen-bond acceptors (Lipinski definition) is 8. The van der Waals surface area contributed by atoms with Gasteiger partial charge in [-0.25, -0.2) is 4.79 Å². The molecule has 0 unspecified atom stereocenters. The molecule has 0 aliphatic rings. The van der Waals surface area contributed by atoms with E-state index in [2.05, 4.69) is 20.3 Å². The number of esters is 1. The molecule has 0 aliphatic carbocycles. The Morgan fingerprint density at radius 1 is 1.10 bits per heavy atom. The SMILES string of the molecule is CCn1cc(C(=O)OCc2nc(N)nc(Nc3ccccc3OC)n2)c2ccccc21. The number of aryl methyl sites for hydroxylation is 1. The zero-order valence-corrected chi connectivity index (χ0v) is 17.2. The van der Waals surface area contributed by atoms with E-state index in [1.807, 2.05) is 60.0 Å². The van der Waals surface area contributed by atoms with Gasteiger partial charge in [-0.2, -0.15) is 15.0 Å². The Hall–Kier alpha value is -4.14. The number of anilines is 3. The third-order valence-electron chi connectivity index (χ3n) is 4.73. The number of nitrogens with zero attached hydrogens (tertiary/aromatic N) is 4. The van der Waals surface area contributed by atoms with Crippen molar-refractivity contribution in [3.8, 4) is 5.75 Å². The predicted octanol–water partition coefficient (Wildman–Crippen LogP) is 3.54. The smallest absolute Gasteiger partial charge is 0.340 e. The first-order valence-electron chi connectivity index (χ1n) is 9.74. The van der Waals surface area contributed by atoms with Crippen LogP contribution < -0.4 is 15.8 Å². The molecule has 9 heteroatoms. The Bertz CT molecular complexity index is 1240. The number of carbonyl (C=O) groups is 1. The second-order valence-electron chi connectivity index (χ2n) is 6.68. The van der Waals surface area contributed by atoms with Crippen LogP contribution in [0.1, 0.15) is 23.1 Å². The molecule has 0 bridgehead atoms. The Balaban J connectivity index is 1.52. The lowest BCUT2D eigenvalue weighted by molar-refractivity contribution is 0.0464. The van der Waals surface area contributed by atoms with E-state index in [0.717, 1.165) is 17.4 Å². The molecule has 2 aromatic carbocycles. The van der Waals surface area contributed by atoms with Crippen LogP contribution in [-0.2, 0) is 17.9 Å². The van der Waals surface area contributed by atoms with E-state index in [1.165, 1.54) is 0 Å². The Morgan fingerprint density at radius 2 is 1.87 bits per heavy atom. The number of aromatic nitrogens is 4. The van der Waals surface area contributed by atoms with Gasteiger partial charge in [0.15, 0.2) is 12.4 Å². The Kier molecular flexibility index (Phi) is 5.65. The van der Waals surface area contributed by atoms with Crippen molar-refractivity contribution in [3.05, 3.63) is 66.1 Å². The van der Waals surface area contributed by atoms with E-state index in [0.29, 0.717) is 17.0 Å². The average molecular weight is 418 g/mol. The summed E-state index contributed by atoms with van der Waals surface area (Å²) in [7, 11) is 1.57. The van der Waals surface area contributed by atoms with Gasteiger partial charge in [0.1, 0.15) is 5.75 Å². The topological polar surface area (TPSA) is 117 Å². The highest BCUT2D eigenvalue weighted by Crippen LogP contribution is 2.26. The minimum Gasteiger partial charge on any atom is -0.495 e. The molecule has 4 rings (SSSR count). The number of fused-ring (bicyclic) bond motifs is 1. The standard InChI is InChI=1S/C22H22N6O3/c1-3-28-12-15(14-8-4-6-10-17(14)28)20(29)31-13-19-25-21(23)27-22(26-19)24-16-9-5-7-11-18(16)30-2/h4-12H,3,13H2,1-2H3,(H3,23,24,25,26,27). The maximum atomic E-state index is 12.7. The number of nitrogens with one attached hydrogen (secondary N) is 1. The number of rotatable bonds is 7. The molecule has 158 valence electrons. The van der Waals surface area contributed by atoms with E-state index in [-0.39, 0.29) is 24.3 Å². The highest BCUT2D eigenvalue weighted by atomic mass is 16.5. The second kappa shape index (κ2) is 8.70. The molecule has 0 saturated heterocycles. The zero-order chi connectivity index (χ0) is 21.8. The zero-order valence-electron chi connectivity index (χ0n) is 17.2. The fraction of sp³-hybridized carbons (Fsp3) is 0.182. The number of ether oxygens (including phenoxy) is 2. The molecule has 9 nitrogen and oxygen atoms in total. The molecule has 0 spiro atoms. The number of carbonyl (C=O) groups excluding carboxylic acids is 1. The summed E-state index contributed by atoms with van der Waals surface area (Å²) >= 11 is 0. The van der Waals surface area contributed by atoms with Crippen LogP contribution in [0.25, 0.3) is 10.9 Å². The Morgan fingerprint density at radius 3 is 2.68 bits per heavy atom. The third-order valence-corrected chi connectivity index (χ3v) is 4.73. The van der Waals surface area contributed by atoms with Crippen molar-refractivity contribution in [2.24, 2.45) is 0 Å². The molecule has 4 aromatic rings. The molecule has 2 aromatic heterocycles. The van der Waals surface area contributed by atoms with Crippen molar-refractivity contribution in [3.63, 3.8) is 0 Å². The minimum absolute atomic E-state index is 0.0148. The summed E-state index contributed by atoms with van der Waals surface area (Å²) in [5.41, 5.74) is 7.96. The summed E-state index contributed by atoms with van der Waals surface area (Å²) in [6.45, 7) is 2.62. The summed E-state index contributed by atoms with van der Waals surface area (Å²) in [6, 6.07) is 15.0. The van der Waals surface area contributed by atoms with Gasteiger partial charge in [-0.1, -0.05) is 30.3 Å². The highest BCUT2D eigenvalue weighted by Gasteiger charge is 2.17. The van der Waals surface area contributed by atoms with Crippen LogP contribution >= 0.6 is 0 Å². The summed E-state index contributed by atoms with van der Waals surface area (Å²) in [5, 5.41) is 3.88. The minimum atomic E-state index is -0.457. The van der Waals surface area contributed by atoms with Crippen molar-refractivity contribution < 1.29 is 14.3 Å². The van der Waals surface area contributed by atoms with Gasteiger partial charge in [-0.3, -0.25) is 0 Å². The van der Waals surface area contributed by atoms with Gasteiger partial charge in [0.2, 0.25) is 11.9 Å². The first kappa shape index (κ1) is 20.1. The number of nitrogen functional groups attached to an aromatic ring is 1. The number of methoxy groups -OCH3 is 1. The van der Waals surface area contributed by atoms with E-state index in [1.54, 1.807) is 13.3 Å². The van der Waals surface area contributed by atoms with Crippen LogP contribution in [0.15, 0.2) is 54.7 Å². The van der Waals surface area contributed by atoms with E-state index in [9.17, 15) is 4.79 Å². The molecule has 0 aliphatic heterocycles. The maximum absolute atomic E-state index is 12.7. The fourth-order valence-electron chi connectivity index (χ4n) is 3.31. The van der Waals surface area contributed by atoms with E-state index >= 15 is 0 Å². The lowest BCUT2D eigenvalue weighted by Gasteiger charge is -2.10. The summed E-state index contributed by atoms with van der Waals surface area (Å²) in [6.07, 6.45) is 1.80. The van der Waals surface area contributed by atoms with Crippen molar-refractivity contribution in [2.75, 3.05) is 18.2 Å². The predicted molar refractivity (Wildman–Crippen MR) is 117 cm³/mol. The van der Waals surface area contributed by atoms with Crippen LogP contribution in [-0.4, -0.2) is 32.6 Å². The summed E-state index contributed by atoms with van der Waals surface area (Å²) in [4.78, 5) is 25.2.